The number of hydrazone groups is 1. The minimum Gasteiger partial charge on any atom is -0.348 e. The van der Waals surface area contributed by atoms with Gasteiger partial charge < -0.3 is 5.32 Å². The summed E-state index contributed by atoms with van der Waals surface area (Å²) in [6, 6.07) is 1.28. The average Bonchev–Trinajstić information content (AvgIpc) is 3.47. The number of halogens is 2. The van der Waals surface area contributed by atoms with Crippen LogP contribution in [-0.4, -0.2) is 57.3 Å². The number of aromatic nitrogens is 3. The summed E-state index contributed by atoms with van der Waals surface area (Å²) in [5.41, 5.74) is 3.38. The fourth-order valence-corrected chi connectivity index (χ4v) is 4.79. The third-order valence-electron chi connectivity index (χ3n) is 5.58. The molecule has 5 rings (SSSR count). The van der Waals surface area contributed by atoms with Gasteiger partial charge in [-0.2, -0.15) is 10.2 Å². The largest absolute Gasteiger partial charge is 0.348 e. The highest BCUT2D eigenvalue weighted by Gasteiger charge is 2.40. The lowest BCUT2D eigenvalue weighted by Crippen LogP contribution is -2.33. The van der Waals surface area contributed by atoms with E-state index in [1.165, 1.54) is 11.3 Å². The zero-order valence-electron chi connectivity index (χ0n) is 16.3. The summed E-state index contributed by atoms with van der Waals surface area (Å²) in [5, 5.41) is 15.2. The van der Waals surface area contributed by atoms with Crippen LogP contribution in [0, 0.1) is 0 Å². The van der Waals surface area contributed by atoms with E-state index in [1.807, 2.05) is 36.0 Å². The van der Waals surface area contributed by atoms with Gasteiger partial charge in [0, 0.05) is 62.6 Å². The van der Waals surface area contributed by atoms with Crippen molar-refractivity contribution in [3.8, 4) is 11.1 Å². The molecule has 156 valence electrons. The van der Waals surface area contributed by atoms with Gasteiger partial charge in [0.25, 0.3) is 5.91 Å². The van der Waals surface area contributed by atoms with E-state index < -0.39 is 12.0 Å². The minimum atomic E-state index is -2.68. The molecule has 7 nitrogen and oxygen atoms in total. The smallest absolute Gasteiger partial charge is 0.261 e. The number of likely N-dealkylation sites (N-methyl/N-ethyl adjacent to an activating group) is 1. The van der Waals surface area contributed by atoms with Crippen LogP contribution in [0.25, 0.3) is 16.8 Å². The Labute approximate surface area is 175 Å². The number of amides is 1. The zero-order valence-corrected chi connectivity index (χ0v) is 17.1. The molecule has 0 spiro atoms. The second-order valence-corrected chi connectivity index (χ2v) is 8.80. The first-order valence-electron chi connectivity index (χ1n) is 9.74. The Balaban J connectivity index is 1.34. The molecule has 0 aromatic carbocycles. The van der Waals surface area contributed by atoms with Crippen molar-refractivity contribution in [2.24, 2.45) is 5.10 Å². The lowest BCUT2D eigenvalue weighted by molar-refractivity contribution is 0.00711. The Kier molecular flexibility index (Phi) is 4.53. The van der Waals surface area contributed by atoms with E-state index in [9.17, 15) is 13.6 Å². The van der Waals surface area contributed by atoms with Gasteiger partial charge in [0.1, 0.15) is 0 Å². The molecule has 1 saturated carbocycles. The normalized spacial score (nSPS) is 22.8. The maximum atomic E-state index is 13.4. The van der Waals surface area contributed by atoms with E-state index in [0.29, 0.717) is 16.9 Å². The Morgan fingerprint density at radius 3 is 2.97 bits per heavy atom. The molecule has 0 radical (unpaired) electrons. The van der Waals surface area contributed by atoms with Crippen LogP contribution in [-0.2, 0) is 0 Å². The zero-order chi connectivity index (χ0) is 20.9. The van der Waals surface area contributed by atoms with Gasteiger partial charge in [-0.1, -0.05) is 0 Å². The Morgan fingerprint density at radius 2 is 2.23 bits per heavy atom. The molecule has 4 heterocycles. The Hall–Kier alpha value is -2.88. The van der Waals surface area contributed by atoms with Crippen molar-refractivity contribution in [1.29, 1.82) is 0 Å². The molecule has 2 unspecified atom stereocenters. The molecular formula is C20H20F2N6OS. The van der Waals surface area contributed by atoms with E-state index in [-0.39, 0.29) is 24.7 Å². The van der Waals surface area contributed by atoms with Crippen LogP contribution in [0.5, 0.6) is 0 Å². The Morgan fingerprint density at radius 1 is 1.37 bits per heavy atom. The molecular weight excluding hydrogens is 410 g/mol. The number of carbonyl (C=O) groups excluding carboxylic acids is 1. The van der Waals surface area contributed by atoms with Crippen molar-refractivity contribution in [3.05, 3.63) is 40.5 Å². The predicted octanol–water partition coefficient (Wildman–Crippen LogP) is 3.39. The van der Waals surface area contributed by atoms with E-state index in [2.05, 4.69) is 20.5 Å². The second-order valence-electron chi connectivity index (χ2n) is 7.89. The van der Waals surface area contributed by atoms with Crippen LogP contribution in [0.1, 0.15) is 40.4 Å². The second kappa shape index (κ2) is 7.12. The van der Waals surface area contributed by atoms with Gasteiger partial charge in [0.15, 0.2) is 5.65 Å². The summed E-state index contributed by atoms with van der Waals surface area (Å²) >= 11 is 1.28. The van der Waals surface area contributed by atoms with Gasteiger partial charge in [-0.15, -0.1) is 11.3 Å². The molecule has 2 atom stereocenters. The van der Waals surface area contributed by atoms with Crippen molar-refractivity contribution in [2.75, 3.05) is 13.6 Å². The van der Waals surface area contributed by atoms with Gasteiger partial charge in [0.05, 0.1) is 11.1 Å². The fraction of sp³-hybridized carbons (Fsp3) is 0.400. The van der Waals surface area contributed by atoms with Crippen molar-refractivity contribution >= 4 is 29.1 Å². The number of hydrogen-bond donors (Lipinski definition) is 1. The molecule has 0 saturated heterocycles. The van der Waals surface area contributed by atoms with Gasteiger partial charge >= 0.3 is 0 Å². The summed E-state index contributed by atoms with van der Waals surface area (Å²) in [5.74, 6) is -2.82. The van der Waals surface area contributed by atoms with Crippen LogP contribution in [0.3, 0.4) is 0 Å². The quantitative estimate of drug-likeness (QED) is 0.689. The van der Waals surface area contributed by atoms with Gasteiger partial charge in [-0.3, -0.25) is 9.80 Å². The molecule has 1 N–H and O–H groups in total. The SMILES string of the molecule is CN1CC(c2cnc3c(-c4csc(C(=O)NC5CCC(F)(F)C5)c4)cnn3c2)C=N1. The van der Waals surface area contributed by atoms with E-state index in [1.54, 1.807) is 16.8 Å². The summed E-state index contributed by atoms with van der Waals surface area (Å²) in [6.45, 7) is 0.803. The van der Waals surface area contributed by atoms with E-state index >= 15 is 0 Å². The number of hydrogen-bond acceptors (Lipinski definition) is 6. The monoisotopic (exact) mass is 430 g/mol. The van der Waals surface area contributed by atoms with Crippen LogP contribution >= 0.6 is 11.3 Å². The summed E-state index contributed by atoms with van der Waals surface area (Å²) in [6.07, 6.45) is 7.24. The van der Waals surface area contributed by atoms with Crippen LogP contribution in [0.15, 0.2) is 35.1 Å². The molecule has 3 aromatic heterocycles. The number of carbonyl (C=O) groups is 1. The first-order chi connectivity index (χ1) is 14.4. The average molecular weight is 430 g/mol. The lowest BCUT2D eigenvalue weighted by atomic mass is 10.1. The number of nitrogens with one attached hydrogen (secondary N) is 1. The van der Waals surface area contributed by atoms with Crippen molar-refractivity contribution in [1.82, 2.24) is 24.9 Å². The van der Waals surface area contributed by atoms with E-state index in [4.69, 9.17) is 0 Å². The topological polar surface area (TPSA) is 74.9 Å². The van der Waals surface area contributed by atoms with Crippen molar-refractivity contribution < 1.29 is 13.6 Å². The first-order valence-corrected chi connectivity index (χ1v) is 10.6. The number of rotatable bonds is 4. The molecule has 1 amide bonds. The molecule has 30 heavy (non-hydrogen) atoms. The number of nitrogens with zero attached hydrogens (tertiary/aromatic N) is 5. The van der Waals surface area contributed by atoms with Crippen LogP contribution in [0.4, 0.5) is 8.78 Å². The maximum absolute atomic E-state index is 13.4. The van der Waals surface area contributed by atoms with Gasteiger partial charge in [-0.25, -0.2) is 18.3 Å². The highest BCUT2D eigenvalue weighted by molar-refractivity contribution is 7.12. The summed E-state index contributed by atoms with van der Waals surface area (Å²) in [4.78, 5) is 17.5. The van der Waals surface area contributed by atoms with Crippen molar-refractivity contribution in [2.45, 2.75) is 37.1 Å². The summed E-state index contributed by atoms with van der Waals surface area (Å²) in [7, 11) is 1.93. The third-order valence-corrected chi connectivity index (χ3v) is 6.51. The minimum absolute atomic E-state index is 0.174. The lowest BCUT2D eigenvalue weighted by Gasteiger charge is -2.11. The molecule has 10 heteroatoms. The number of alkyl halides is 2. The van der Waals surface area contributed by atoms with Crippen LogP contribution in [0.2, 0.25) is 0 Å². The van der Waals surface area contributed by atoms with Crippen molar-refractivity contribution in [3.63, 3.8) is 0 Å². The Bertz CT molecular complexity index is 1140. The third kappa shape index (κ3) is 3.55. The van der Waals surface area contributed by atoms with E-state index in [0.717, 1.165) is 23.2 Å². The molecule has 2 aliphatic rings. The summed E-state index contributed by atoms with van der Waals surface area (Å²) < 4.78 is 28.4. The molecule has 0 bridgehead atoms. The highest BCUT2D eigenvalue weighted by Crippen LogP contribution is 2.35. The standard InChI is InChI=1S/C20H20F2N6OS/c1-27-9-14(7-24-27)13-6-23-18-16(8-25-28(18)10-13)12-4-17(30-11-12)19(29)26-15-2-3-20(21,22)5-15/h4,6-8,10-11,14-15H,2-3,5,9H2,1H3,(H,26,29). The number of fused-ring (bicyclic) bond motifs is 1. The highest BCUT2D eigenvalue weighted by atomic mass is 32.1. The van der Waals surface area contributed by atoms with Crippen LogP contribution < -0.4 is 5.32 Å². The molecule has 3 aromatic rings. The first kappa shape index (κ1) is 19.1. The number of thiophene rings is 1. The molecule has 1 aliphatic heterocycles. The molecule has 1 fully saturated rings. The molecule has 1 aliphatic carbocycles. The van der Waals surface area contributed by atoms with Gasteiger partial charge in [0.2, 0.25) is 5.92 Å². The maximum Gasteiger partial charge on any atom is 0.261 e. The fourth-order valence-electron chi connectivity index (χ4n) is 3.98. The predicted molar refractivity (Wildman–Crippen MR) is 110 cm³/mol. The van der Waals surface area contributed by atoms with Gasteiger partial charge in [-0.05, 0) is 29.0 Å².